The number of rotatable bonds is 4. The van der Waals surface area contributed by atoms with Crippen molar-refractivity contribution in [3.8, 4) is 0 Å². The van der Waals surface area contributed by atoms with Gasteiger partial charge in [-0.3, -0.25) is 9.89 Å². The quantitative estimate of drug-likeness (QED) is 0.749. The van der Waals surface area contributed by atoms with Crippen molar-refractivity contribution in [1.29, 1.82) is 0 Å². The van der Waals surface area contributed by atoms with Gasteiger partial charge in [0.2, 0.25) is 0 Å². The lowest BCUT2D eigenvalue weighted by Crippen LogP contribution is -2.33. The highest BCUT2D eigenvalue weighted by molar-refractivity contribution is 9.10. The topological polar surface area (TPSA) is 79.0 Å². The maximum absolute atomic E-state index is 12.4. The monoisotopic (exact) mass is 390 g/mol. The summed E-state index contributed by atoms with van der Waals surface area (Å²) in [5.41, 5.74) is 3.17. The molecule has 1 aromatic carbocycles. The third-order valence-electron chi connectivity index (χ3n) is 4.67. The number of amides is 1. The minimum atomic E-state index is -0.233. The molecular weight excluding hydrogens is 372 g/mol. The summed E-state index contributed by atoms with van der Waals surface area (Å²) in [6.07, 6.45) is 2.31. The Balaban J connectivity index is 1.45. The van der Waals surface area contributed by atoms with Gasteiger partial charge < -0.3 is 15.4 Å². The summed E-state index contributed by atoms with van der Waals surface area (Å²) in [6.45, 7) is 2.96. The Hall–Kier alpha value is -1.70. The van der Waals surface area contributed by atoms with Crippen LogP contribution in [0.15, 0.2) is 28.7 Å². The van der Waals surface area contributed by atoms with E-state index >= 15 is 0 Å². The van der Waals surface area contributed by atoms with Crippen LogP contribution in [0.5, 0.6) is 0 Å². The van der Waals surface area contributed by atoms with Gasteiger partial charge in [-0.05, 0) is 46.5 Å². The molecule has 0 unspecified atom stereocenters. The van der Waals surface area contributed by atoms with E-state index in [2.05, 4.69) is 36.8 Å². The van der Waals surface area contributed by atoms with Crippen LogP contribution < -0.4 is 10.6 Å². The third-order valence-corrected chi connectivity index (χ3v) is 5.52. The van der Waals surface area contributed by atoms with Crippen LogP contribution in [0.2, 0.25) is 0 Å². The van der Waals surface area contributed by atoms with Crippen molar-refractivity contribution in [2.24, 2.45) is 0 Å². The van der Waals surface area contributed by atoms with E-state index < -0.39 is 0 Å². The summed E-state index contributed by atoms with van der Waals surface area (Å²) in [5.74, 6) is -0.233. The maximum Gasteiger partial charge on any atom is 0.277 e. The van der Waals surface area contributed by atoms with Gasteiger partial charge in [0.1, 0.15) is 0 Å². The van der Waals surface area contributed by atoms with Gasteiger partial charge in [-0.15, -0.1) is 0 Å². The molecule has 2 bridgehead atoms. The number of aromatic nitrogens is 2. The molecule has 2 aliphatic heterocycles. The van der Waals surface area contributed by atoms with Gasteiger partial charge in [0.05, 0.1) is 16.7 Å². The fraction of sp³-hybridized carbons (Fsp3) is 0.412. The van der Waals surface area contributed by atoms with Gasteiger partial charge in [0, 0.05) is 24.0 Å². The summed E-state index contributed by atoms with van der Waals surface area (Å²) in [7, 11) is 0. The molecule has 24 heavy (non-hydrogen) atoms. The number of ether oxygens (including phenoxy) is 1. The second-order valence-corrected chi connectivity index (χ2v) is 7.02. The zero-order valence-electron chi connectivity index (χ0n) is 13.3. The molecule has 1 aromatic heterocycles. The number of hydrogen-bond acceptors (Lipinski definition) is 4. The molecule has 3 N–H and O–H groups in total. The van der Waals surface area contributed by atoms with E-state index in [0.717, 1.165) is 40.8 Å². The van der Waals surface area contributed by atoms with Crippen molar-refractivity contribution in [3.05, 3.63) is 45.7 Å². The molecule has 0 saturated carbocycles. The number of fused-ring (bicyclic) bond motifs is 2. The number of halogens is 1. The molecule has 0 spiro atoms. The molecule has 7 heteroatoms. The van der Waals surface area contributed by atoms with Gasteiger partial charge in [-0.2, -0.15) is 5.10 Å². The normalized spacial score (nSPS) is 25.2. The van der Waals surface area contributed by atoms with Crippen molar-refractivity contribution in [3.63, 3.8) is 0 Å². The number of carbonyl (C=O) groups is 1. The zero-order valence-corrected chi connectivity index (χ0v) is 14.9. The molecule has 6 nitrogen and oxygen atoms in total. The molecular formula is C17H19BrN4O2. The van der Waals surface area contributed by atoms with Crippen molar-refractivity contribution in [2.75, 3.05) is 11.9 Å². The number of morpholine rings is 1. The van der Waals surface area contributed by atoms with E-state index in [4.69, 9.17) is 4.74 Å². The first-order valence-electron chi connectivity index (χ1n) is 8.18. The summed E-state index contributed by atoms with van der Waals surface area (Å²) in [5, 5.41) is 13.3. The summed E-state index contributed by atoms with van der Waals surface area (Å²) in [4.78, 5) is 12.4. The van der Waals surface area contributed by atoms with E-state index in [1.807, 2.05) is 31.2 Å². The first-order valence-corrected chi connectivity index (χ1v) is 8.98. The summed E-state index contributed by atoms with van der Waals surface area (Å²) >= 11 is 3.42. The number of nitrogens with one attached hydrogen (secondary N) is 3. The Morgan fingerprint density at radius 3 is 2.79 bits per heavy atom. The van der Waals surface area contributed by atoms with Crippen LogP contribution >= 0.6 is 15.9 Å². The smallest absolute Gasteiger partial charge is 0.277 e. The molecule has 2 aliphatic rings. The molecule has 3 heterocycles. The van der Waals surface area contributed by atoms with Crippen LogP contribution in [0, 0.1) is 0 Å². The minimum Gasteiger partial charge on any atom is -0.367 e. The number of anilines is 1. The first-order chi connectivity index (χ1) is 11.7. The Kier molecular flexibility index (Phi) is 4.15. The molecule has 3 atom stereocenters. The lowest BCUT2D eigenvalue weighted by Gasteiger charge is -2.23. The molecule has 4 rings (SSSR count). The Morgan fingerprint density at radius 2 is 2.21 bits per heavy atom. The van der Waals surface area contributed by atoms with Crippen molar-refractivity contribution in [1.82, 2.24) is 15.5 Å². The first kappa shape index (κ1) is 15.8. The number of H-pyrrole nitrogens is 1. The average Bonchev–Trinajstić information content (AvgIpc) is 3.30. The molecule has 2 fully saturated rings. The Bertz CT molecular complexity index is 758. The number of aromatic amines is 1. The van der Waals surface area contributed by atoms with E-state index in [1.165, 1.54) is 0 Å². The molecule has 2 saturated heterocycles. The average molecular weight is 391 g/mol. The van der Waals surface area contributed by atoms with Crippen molar-refractivity contribution < 1.29 is 9.53 Å². The second kappa shape index (κ2) is 6.31. The third kappa shape index (κ3) is 2.76. The standard InChI is InChI=1S/C17H19BrN4O2/c1-2-12-14(18)15(22-21-12)17(23)20-10-5-3-9(4-6-10)16-13-7-11(24-16)8-19-13/h3-6,11,13,16,19H,2,7-8H2,1H3,(H,20,23)(H,21,22)/t11-,13-,16+/m1/s1. The molecule has 126 valence electrons. The van der Waals surface area contributed by atoms with Gasteiger partial charge in [0.15, 0.2) is 5.69 Å². The number of benzene rings is 1. The van der Waals surface area contributed by atoms with Crippen LogP contribution in [0.3, 0.4) is 0 Å². The van der Waals surface area contributed by atoms with Crippen LogP contribution in [0.1, 0.15) is 41.2 Å². The van der Waals surface area contributed by atoms with Crippen LogP contribution in [0.4, 0.5) is 5.69 Å². The minimum absolute atomic E-state index is 0.112. The SMILES string of the molecule is CCc1[nH]nc(C(=O)Nc2ccc([C@@H]3O[C@H]4CN[C@@H]3C4)cc2)c1Br. The number of carbonyl (C=O) groups excluding carboxylic acids is 1. The zero-order chi connectivity index (χ0) is 16.7. The van der Waals surface area contributed by atoms with Gasteiger partial charge >= 0.3 is 0 Å². The highest BCUT2D eigenvalue weighted by Crippen LogP contribution is 2.37. The van der Waals surface area contributed by atoms with Crippen LogP contribution in [-0.4, -0.2) is 34.8 Å². The van der Waals surface area contributed by atoms with Crippen molar-refractivity contribution in [2.45, 2.75) is 38.0 Å². The molecule has 2 aromatic rings. The molecule has 0 radical (unpaired) electrons. The maximum atomic E-state index is 12.4. The van der Waals surface area contributed by atoms with E-state index in [1.54, 1.807) is 0 Å². The lowest BCUT2D eigenvalue weighted by molar-refractivity contribution is 0.0160. The fourth-order valence-corrected chi connectivity index (χ4v) is 4.01. The van der Waals surface area contributed by atoms with E-state index in [-0.39, 0.29) is 12.0 Å². The Morgan fingerprint density at radius 1 is 1.42 bits per heavy atom. The highest BCUT2D eigenvalue weighted by atomic mass is 79.9. The fourth-order valence-electron chi connectivity index (χ4n) is 3.38. The summed E-state index contributed by atoms with van der Waals surface area (Å²) < 4.78 is 6.72. The van der Waals surface area contributed by atoms with Gasteiger partial charge in [-0.1, -0.05) is 19.1 Å². The number of hydrogen-bond donors (Lipinski definition) is 3. The van der Waals surface area contributed by atoms with Crippen LogP contribution in [-0.2, 0) is 11.2 Å². The van der Waals surface area contributed by atoms with E-state index in [0.29, 0.717) is 17.8 Å². The van der Waals surface area contributed by atoms with E-state index in [9.17, 15) is 4.79 Å². The predicted molar refractivity (Wildman–Crippen MR) is 94.1 cm³/mol. The highest BCUT2D eigenvalue weighted by Gasteiger charge is 2.41. The van der Waals surface area contributed by atoms with Gasteiger partial charge in [-0.25, -0.2) is 0 Å². The second-order valence-electron chi connectivity index (χ2n) is 6.22. The number of nitrogens with zero attached hydrogens (tertiary/aromatic N) is 1. The Labute approximate surface area is 148 Å². The predicted octanol–water partition coefficient (Wildman–Crippen LogP) is 2.79. The molecule has 1 amide bonds. The number of aryl methyl sites for hydroxylation is 1. The van der Waals surface area contributed by atoms with Gasteiger partial charge in [0.25, 0.3) is 5.91 Å². The van der Waals surface area contributed by atoms with Crippen molar-refractivity contribution >= 4 is 27.5 Å². The molecule has 0 aliphatic carbocycles. The van der Waals surface area contributed by atoms with Crippen LogP contribution in [0.25, 0.3) is 0 Å². The largest absolute Gasteiger partial charge is 0.367 e. The summed E-state index contributed by atoms with van der Waals surface area (Å²) in [6, 6.07) is 8.25. The lowest BCUT2D eigenvalue weighted by atomic mass is 10.0.